The summed E-state index contributed by atoms with van der Waals surface area (Å²) in [6, 6.07) is 0. The molecule has 0 N–H and O–H groups in total. The van der Waals surface area contributed by atoms with Crippen molar-refractivity contribution in [3.05, 3.63) is 0 Å². The number of carbonyl (C=O) groups excluding carboxylic acids is 2. The Labute approximate surface area is 122 Å². The van der Waals surface area contributed by atoms with Gasteiger partial charge in [0.05, 0.1) is 26.1 Å². The highest BCUT2D eigenvalue weighted by Crippen LogP contribution is 2.25. The Bertz CT molecular complexity index is 256. The largest absolute Gasteiger partial charge is 0.469 e. The fourth-order valence-corrected chi connectivity index (χ4v) is 2.19. The van der Waals surface area contributed by atoms with Crippen LogP contribution in [0.5, 0.6) is 0 Å². The van der Waals surface area contributed by atoms with Crippen LogP contribution in [0.15, 0.2) is 0 Å². The summed E-state index contributed by atoms with van der Waals surface area (Å²) in [6.07, 6.45) is 5.63. The number of methoxy groups -OCH3 is 2. The lowest BCUT2D eigenvalue weighted by molar-refractivity contribution is -0.158. The van der Waals surface area contributed by atoms with Gasteiger partial charge < -0.3 is 9.47 Å². The lowest BCUT2D eigenvalue weighted by atomic mass is 9.85. The van der Waals surface area contributed by atoms with Crippen LogP contribution in [0, 0.1) is 11.8 Å². The molecule has 0 radical (unpaired) electrons. The van der Waals surface area contributed by atoms with Gasteiger partial charge in [0.1, 0.15) is 0 Å². The van der Waals surface area contributed by atoms with E-state index in [-0.39, 0.29) is 36.2 Å². The average molecular weight is 295 g/mol. The van der Waals surface area contributed by atoms with Crippen LogP contribution in [0.3, 0.4) is 0 Å². The number of esters is 2. The Morgan fingerprint density at radius 3 is 1.84 bits per heavy atom. The number of rotatable bonds is 9. The molecule has 0 aliphatic carbocycles. The Kier molecular flexibility index (Phi) is 13.3. The molecule has 19 heavy (non-hydrogen) atoms. The summed E-state index contributed by atoms with van der Waals surface area (Å²) in [6.45, 7) is 4.03. The molecule has 0 heterocycles. The molecule has 0 spiro atoms. The van der Waals surface area contributed by atoms with Crippen LogP contribution in [0.4, 0.5) is 0 Å². The minimum absolute atomic E-state index is 0. The van der Waals surface area contributed by atoms with Gasteiger partial charge in [0, 0.05) is 0 Å². The second-order valence-electron chi connectivity index (χ2n) is 4.52. The van der Waals surface area contributed by atoms with Gasteiger partial charge in [-0.3, -0.25) is 9.59 Å². The minimum Gasteiger partial charge on any atom is -0.469 e. The van der Waals surface area contributed by atoms with E-state index in [0.29, 0.717) is 12.8 Å². The third kappa shape index (κ3) is 7.41. The van der Waals surface area contributed by atoms with E-state index < -0.39 is 0 Å². The first-order valence-electron chi connectivity index (χ1n) is 6.77. The van der Waals surface area contributed by atoms with Gasteiger partial charge in [-0.25, -0.2) is 0 Å². The number of hydrogen-bond acceptors (Lipinski definition) is 4. The zero-order valence-corrected chi connectivity index (χ0v) is 13.3. The minimum atomic E-state index is -0.385. The third-order valence-electron chi connectivity index (χ3n) is 3.30. The van der Waals surface area contributed by atoms with Crippen LogP contribution in [-0.2, 0) is 19.1 Å². The van der Waals surface area contributed by atoms with E-state index in [4.69, 9.17) is 9.47 Å². The quantitative estimate of drug-likeness (QED) is 0.483. The topological polar surface area (TPSA) is 52.6 Å². The van der Waals surface area contributed by atoms with Crippen molar-refractivity contribution in [1.82, 2.24) is 0 Å². The second kappa shape index (κ2) is 12.3. The molecular formula is C14H27ClO4. The van der Waals surface area contributed by atoms with Crippen molar-refractivity contribution in [1.29, 1.82) is 0 Å². The molecule has 0 saturated heterocycles. The van der Waals surface area contributed by atoms with Crippen molar-refractivity contribution in [2.75, 3.05) is 14.2 Å². The van der Waals surface area contributed by atoms with Crippen LogP contribution in [0.1, 0.15) is 52.4 Å². The molecule has 0 fully saturated rings. The van der Waals surface area contributed by atoms with Crippen molar-refractivity contribution in [2.24, 2.45) is 11.8 Å². The summed E-state index contributed by atoms with van der Waals surface area (Å²) < 4.78 is 9.56. The van der Waals surface area contributed by atoms with E-state index in [2.05, 4.69) is 6.92 Å². The van der Waals surface area contributed by atoms with Gasteiger partial charge in [0.2, 0.25) is 0 Å². The van der Waals surface area contributed by atoms with E-state index in [9.17, 15) is 9.59 Å². The van der Waals surface area contributed by atoms with Gasteiger partial charge >= 0.3 is 11.9 Å². The van der Waals surface area contributed by atoms with Crippen LogP contribution in [-0.4, -0.2) is 26.2 Å². The molecule has 2 atom stereocenters. The first kappa shape index (κ1) is 20.5. The monoisotopic (exact) mass is 294 g/mol. The van der Waals surface area contributed by atoms with Gasteiger partial charge in [-0.1, -0.05) is 39.5 Å². The molecule has 2 unspecified atom stereocenters. The van der Waals surface area contributed by atoms with Crippen LogP contribution in [0.2, 0.25) is 0 Å². The molecule has 0 amide bonds. The van der Waals surface area contributed by atoms with Crippen molar-refractivity contribution in [3.8, 4) is 0 Å². The fraction of sp³-hybridized carbons (Fsp3) is 0.857. The van der Waals surface area contributed by atoms with E-state index in [0.717, 1.165) is 25.7 Å². The lowest BCUT2D eigenvalue weighted by Crippen LogP contribution is -2.31. The number of carbonyl (C=O) groups is 2. The Morgan fingerprint density at radius 1 is 0.895 bits per heavy atom. The zero-order chi connectivity index (χ0) is 14.0. The van der Waals surface area contributed by atoms with Crippen LogP contribution >= 0.6 is 12.4 Å². The predicted octanol–water partition coefficient (Wildman–Crippen LogP) is 3.37. The number of unbranched alkanes of at least 4 members (excludes halogenated alkanes) is 3. The maximum absolute atomic E-state index is 11.8. The molecule has 114 valence electrons. The van der Waals surface area contributed by atoms with Gasteiger partial charge in [0.15, 0.2) is 0 Å². The molecule has 0 rings (SSSR count). The predicted molar refractivity (Wildman–Crippen MR) is 77.3 cm³/mol. The molecule has 5 heteroatoms. The Morgan fingerprint density at radius 2 is 1.42 bits per heavy atom. The summed E-state index contributed by atoms with van der Waals surface area (Å²) in [4.78, 5) is 23.4. The first-order chi connectivity index (χ1) is 8.62. The van der Waals surface area contributed by atoms with Gasteiger partial charge in [-0.15, -0.1) is 12.4 Å². The number of ether oxygens (including phenoxy) is 2. The lowest BCUT2D eigenvalue weighted by Gasteiger charge is -2.21. The normalized spacial score (nSPS) is 13.1. The van der Waals surface area contributed by atoms with E-state index >= 15 is 0 Å². The number of halogens is 1. The molecule has 0 aromatic carbocycles. The summed E-state index contributed by atoms with van der Waals surface area (Å²) in [5.74, 6) is -1.37. The molecule has 0 aromatic heterocycles. The molecular weight excluding hydrogens is 268 g/mol. The van der Waals surface area contributed by atoms with Crippen molar-refractivity contribution < 1.29 is 19.1 Å². The van der Waals surface area contributed by atoms with Crippen LogP contribution < -0.4 is 0 Å². The van der Waals surface area contributed by atoms with Gasteiger partial charge in [0.25, 0.3) is 0 Å². The smallest absolute Gasteiger partial charge is 0.309 e. The zero-order valence-electron chi connectivity index (χ0n) is 12.4. The van der Waals surface area contributed by atoms with E-state index in [1.54, 1.807) is 0 Å². The van der Waals surface area contributed by atoms with E-state index in [1.165, 1.54) is 14.2 Å². The maximum atomic E-state index is 11.8. The average Bonchev–Trinajstić information content (AvgIpc) is 2.40. The fourth-order valence-electron chi connectivity index (χ4n) is 2.19. The molecule has 0 saturated carbocycles. The van der Waals surface area contributed by atoms with Crippen LogP contribution in [0.25, 0.3) is 0 Å². The third-order valence-corrected chi connectivity index (χ3v) is 3.30. The van der Waals surface area contributed by atoms with Crippen molar-refractivity contribution in [2.45, 2.75) is 52.4 Å². The summed E-state index contributed by atoms with van der Waals surface area (Å²) >= 11 is 0. The molecule has 0 bridgehead atoms. The highest BCUT2D eigenvalue weighted by Gasteiger charge is 2.33. The maximum Gasteiger partial charge on any atom is 0.309 e. The summed E-state index contributed by atoms with van der Waals surface area (Å²) in [7, 11) is 2.72. The summed E-state index contributed by atoms with van der Waals surface area (Å²) in [5.41, 5.74) is 0. The molecule has 0 aromatic rings. The van der Waals surface area contributed by atoms with Gasteiger partial charge in [-0.2, -0.15) is 0 Å². The molecule has 0 aliphatic rings. The summed E-state index contributed by atoms with van der Waals surface area (Å²) in [5, 5.41) is 0. The standard InChI is InChI=1S/C14H26O4.ClH/c1-5-7-8-9-10-12(14(16)18-4)11(6-2)13(15)17-3;/h11-12H,5-10H2,1-4H3;1H. The number of hydrogen-bond donors (Lipinski definition) is 0. The SMILES string of the molecule is CCCCCCC(C(=O)OC)C(CC)C(=O)OC.Cl. The van der Waals surface area contributed by atoms with Crippen molar-refractivity contribution >= 4 is 24.3 Å². The van der Waals surface area contributed by atoms with E-state index in [1.807, 2.05) is 6.92 Å². The molecule has 0 aliphatic heterocycles. The van der Waals surface area contributed by atoms with Crippen molar-refractivity contribution in [3.63, 3.8) is 0 Å². The molecule has 4 nitrogen and oxygen atoms in total. The Hall–Kier alpha value is -0.770. The first-order valence-corrected chi connectivity index (χ1v) is 6.77. The highest BCUT2D eigenvalue weighted by molar-refractivity contribution is 5.85. The Balaban J connectivity index is 0. The van der Waals surface area contributed by atoms with Gasteiger partial charge in [-0.05, 0) is 12.8 Å². The highest BCUT2D eigenvalue weighted by atomic mass is 35.5. The second-order valence-corrected chi connectivity index (χ2v) is 4.52.